The highest BCUT2D eigenvalue weighted by Crippen LogP contribution is 2.32. The maximum absolute atomic E-state index is 11.8. The van der Waals surface area contributed by atoms with Gasteiger partial charge in [-0.1, -0.05) is 19.8 Å². The third-order valence-corrected chi connectivity index (χ3v) is 3.80. The minimum absolute atomic E-state index is 0.0208. The van der Waals surface area contributed by atoms with Crippen LogP contribution in [-0.2, 0) is 0 Å². The van der Waals surface area contributed by atoms with Gasteiger partial charge in [0.25, 0.3) is 0 Å². The number of nitrogens with zero attached hydrogens (tertiary/aromatic N) is 2. The Hall–Kier alpha value is -0.860. The molecule has 3 unspecified atom stereocenters. The molecule has 0 spiro atoms. The minimum atomic E-state index is -0.0208. The summed E-state index contributed by atoms with van der Waals surface area (Å²) in [6.07, 6.45) is 7.82. The van der Waals surface area contributed by atoms with Gasteiger partial charge in [-0.25, -0.2) is 9.79 Å². The van der Waals surface area contributed by atoms with Crippen molar-refractivity contribution in [1.29, 1.82) is 0 Å². The SMILES string of the molecule is CCC(C)N1C(=O)N=CC2CCCCC21. The second-order valence-electron chi connectivity index (χ2n) is 4.74. The summed E-state index contributed by atoms with van der Waals surface area (Å²) >= 11 is 0. The van der Waals surface area contributed by atoms with Crippen LogP contribution in [0.1, 0.15) is 46.0 Å². The van der Waals surface area contributed by atoms with Gasteiger partial charge in [0.15, 0.2) is 0 Å². The number of carbonyl (C=O) groups excluding carboxylic acids is 1. The average molecular weight is 208 g/mol. The normalized spacial score (nSPS) is 32.7. The van der Waals surface area contributed by atoms with Gasteiger partial charge in [0.2, 0.25) is 0 Å². The highest BCUT2D eigenvalue weighted by molar-refractivity contribution is 5.87. The van der Waals surface area contributed by atoms with Crippen LogP contribution in [0.25, 0.3) is 0 Å². The van der Waals surface area contributed by atoms with Crippen molar-refractivity contribution in [3.05, 3.63) is 0 Å². The molecule has 3 nitrogen and oxygen atoms in total. The summed E-state index contributed by atoms with van der Waals surface area (Å²) in [5.74, 6) is 0.519. The molecule has 3 atom stereocenters. The fourth-order valence-electron chi connectivity index (χ4n) is 2.74. The molecule has 2 rings (SSSR count). The Balaban J connectivity index is 2.19. The lowest BCUT2D eigenvalue weighted by molar-refractivity contribution is 0.113. The molecule has 0 saturated heterocycles. The van der Waals surface area contributed by atoms with Crippen molar-refractivity contribution in [1.82, 2.24) is 4.90 Å². The van der Waals surface area contributed by atoms with Crippen LogP contribution in [0.15, 0.2) is 4.99 Å². The van der Waals surface area contributed by atoms with Gasteiger partial charge < -0.3 is 4.90 Å². The Morgan fingerprint density at radius 2 is 2.27 bits per heavy atom. The summed E-state index contributed by atoms with van der Waals surface area (Å²) in [6, 6.07) is 0.742. The molecule has 84 valence electrons. The number of amides is 2. The Kier molecular flexibility index (Phi) is 3.08. The topological polar surface area (TPSA) is 32.7 Å². The second kappa shape index (κ2) is 4.33. The molecular weight excluding hydrogens is 188 g/mol. The van der Waals surface area contributed by atoms with Gasteiger partial charge in [0.1, 0.15) is 0 Å². The molecule has 0 aromatic carbocycles. The molecule has 1 heterocycles. The number of aliphatic imine (C=N–C) groups is 1. The van der Waals surface area contributed by atoms with Crippen LogP contribution >= 0.6 is 0 Å². The van der Waals surface area contributed by atoms with Crippen LogP contribution in [0.2, 0.25) is 0 Å². The van der Waals surface area contributed by atoms with E-state index in [1.807, 2.05) is 11.1 Å². The number of urea groups is 1. The summed E-state index contributed by atoms with van der Waals surface area (Å²) in [5.41, 5.74) is 0. The molecule has 1 aliphatic heterocycles. The molecule has 0 aromatic rings. The lowest BCUT2D eigenvalue weighted by atomic mass is 9.83. The molecular formula is C12H20N2O. The molecule has 15 heavy (non-hydrogen) atoms. The largest absolute Gasteiger partial charge is 0.343 e. The summed E-state index contributed by atoms with van der Waals surface area (Å²) in [6.45, 7) is 4.26. The van der Waals surface area contributed by atoms with Crippen molar-refractivity contribution in [2.45, 2.75) is 58.0 Å². The predicted molar refractivity (Wildman–Crippen MR) is 61.2 cm³/mol. The maximum atomic E-state index is 11.8. The van der Waals surface area contributed by atoms with E-state index in [-0.39, 0.29) is 6.03 Å². The molecule has 0 radical (unpaired) electrons. The van der Waals surface area contributed by atoms with Crippen LogP contribution in [0, 0.1) is 5.92 Å². The van der Waals surface area contributed by atoms with E-state index in [9.17, 15) is 4.79 Å². The Labute approximate surface area is 91.6 Å². The zero-order valence-electron chi connectivity index (χ0n) is 9.65. The zero-order valence-corrected chi connectivity index (χ0v) is 9.65. The Morgan fingerprint density at radius 3 is 3.00 bits per heavy atom. The van der Waals surface area contributed by atoms with E-state index in [1.54, 1.807) is 0 Å². The van der Waals surface area contributed by atoms with Crippen LogP contribution in [0.5, 0.6) is 0 Å². The first kappa shape index (κ1) is 10.7. The molecule has 1 aliphatic carbocycles. The lowest BCUT2D eigenvalue weighted by Gasteiger charge is -2.43. The van der Waals surface area contributed by atoms with E-state index in [0.717, 1.165) is 12.8 Å². The van der Waals surface area contributed by atoms with E-state index in [0.29, 0.717) is 18.0 Å². The van der Waals surface area contributed by atoms with Crippen LogP contribution in [-0.4, -0.2) is 29.2 Å². The van der Waals surface area contributed by atoms with Gasteiger partial charge in [0, 0.05) is 24.2 Å². The Morgan fingerprint density at radius 1 is 1.53 bits per heavy atom. The van der Waals surface area contributed by atoms with E-state index >= 15 is 0 Å². The summed E-state index contributed by atoms with van der Waals surface area (Å²) in [5, 5.41) is 0. The smallest absolute Gasteiger partial charge is 0.317 e. The maximum Gasteiger partial charge on any atom is 0.343 e. The molecule has 0 N–H and O–H groups in total. The molecule has 1 fully saturated rings. The fraction of sp³-hybridized carbons (Fsp3) is 0.833. The second-order valence-corrected chi connectivity index (χ2v) is 4.74. The predicted octanol–water partition coefficient (Wildman–Crippen LogP) is 2.85. The third-order valence-electron chi connectivity index (χ3n) is 3.80. The van der Waals surface area contributed by atoms with Crippen molar-refractivity contribution < 1.29 is 4.79 Å². The highest BCUT2D eigenvalue weighted by atomic mass is 16.2. The first-order valence-corrected chi connectivity index (χ1v) is 6.10. The number of hydrogen-bond donors (Lipinski definition) is 0. The monoisotopic (exact) mass is 208 g/mol. The van der Waals surface area contributed by atoms with Crippen molar-refractivity contribution in [3.63, 3.8) is 0 Å². The van der Waals surface area contributed by atoms with Crippen molar-refractivity contribution in [2.24, 2.45) is 10.9 Å². The van der Waals surface area contributed by atoms with E-state index in [2.05, 4.69) is 18.8 Å². The number of fused-ring (bicyclic) bond motifs is 1. The zero-order chi connectivity index (χ0) is 10.8. The molecule has 0 bridgehead atoms. The number of carbonyl (C=O) groups is 1. The third kappa shape index (κ3) is 1.92. The van der Waals surface area contributed by atoms with E-state index < -0.39 is 0 Å². The molecule has 3 heteroatoms. The van der Waals surface area contributed by atoms with Crippen LogP contribution in [0.4, 0.5) is 4.79 Å². The summed E-state index contributed by atoms with van der Waals surface area (Å²) < 4.78 is 0. The Bertz CT molecular complexity index is 275. The first-order chi connectivity index (χ1) is 7.24. The van der Waals surface area contributed by atoms with Gasteiger partial charge in [-0.2, -0.15) is 0 Å². The van der Waals surface area contributed by atoms with Gasteiger partial charge >= 0.3 is 6.03 Å². The van der Waals surface area contributed by atoms with E-state index in [1.165, 1.54) is 19.3 Å². The van der Waals surface area contributed by atoms with Gasteiger partial charge in [-0.3, -0.25) is 0 Å². The van der Waals surface area contributed by atoms with Gasteiger partial charge in [0.05, 0.1) is 0 Å². The van der Waals surface area contributed by atoms with Crippen LogP contribution < -0.4 is 0 Å². The van der Waals surface area contributed by atoms with E-state index in [4.69, 9.17) is 0 Å². The van der Waals surface area contributed by atoms with Gasteiger partial charge in [-0.05, 0) is 26.2 Å². The molecule has 2 aliphatic rings. The number of rotatable bonds is 2. The molecule has 1 saturated carbocycles. The minimum Gasteiger partial charge on any atom is -0.317 e. The first-order valence-electron chi connectivity index (χ1n) is 6.10. The summed E-state index contributed by atoms with van der Waals surface area (Å²) in [4.78, 5) is 17.8. The van der Waals surface area contributed by atoms with Crippen LogP contribution in [0.3, 0.4) is 0 Å². The molecule has 0 aromatic heterocycles. The quantitative estimate of drug-likeness (QED) is 0.686. The lowest BCUT2D eigenvalue weighted by Crippen LogP contribution is -2.52. The standard InChI is InChI=1S/C12H20N2O/c1-3-9(2)14-11-7-5-4-6-10(11)8-13-12(14)15/h8-11H,3-7H2,1-2H3. The van der Waals surface area contributed by atoms with Gasteiger partial charge in [-0.15, -0.1) is 0 Å². The highest BCUT2D eigenvalue weighted by Gasteiger charge is 2.36. The summed E-state index contributed by atoms with van der Waals surface area (Å²) in [7, 11) is 0. The van der Waals surface area contributed by atoms with Crippen molar-refractivity contribution in [3.8, 4) is 0 Å². The number of hydrogen-bond acceptors (Lipinski definition) is 1. The average Bonchev–Trinajstić information content (AvgIpc) is 2.28. The van der Waals surface area contributed by atoms with Crippen molar-refractivity contribution >= 4 is 12.2 Å². The molecule has 2 amide bonds. The van der Waals surface area contributed by atoms with Crippen molar-refractivity contribution in [2.75, 3.05) is 0 Å². The fourth-order valence-corrected chi connectivity index (χ4v) is 2.74.